The molecular weight excluding hydrogens is 302 g/mol. The predicted molar refractivity (Wildman–Crippen MR) is 83.3 cm³/mol. The van der Waals surface area contributed by atoms with E-state index in [2.05, 4.69) is 9.99 Å². The van der Waals surface area contributed by atoms with Gasteiger partial charge in [0, 0.05) is 19.2 Å². The van der Waals surface area contributed by atoms with Crippen LogP contribution in [-0.2, 0) is 14.4 Å². The summed E-state index contributed by atoms with van der Waals surface area (Å²) in [7, 11) is 0. The van der Waals surface area contributed by atoms with Crippen LogP contribution in [-0.4, -0.2) is 42.9 Å². The topological polar surface area (TPSA) is 94.3 Å². The molecule has 8 heteroatoms. The average molecular weight is 317 g/mol. The van der Waals surface area contributed by atoms with Crippen LogP contribution in [0.4, 0.5) is 11.4 Å². The number of oxime groups is 1. The Morgan fingerprint density at radius 1 is 1.35 bits per heavy atom. The molecule has 2 heterocycles. The van der Waals surface area contributed by atoms with Crippen LogP contribution in [0.15, 0.2) is 28.9 Å². The molecule has 8 nitrogen and oxygen atoms in total. The van der Waals surface area contributed by atoms with Crippen molar-refractivity contribution in [3.8, 4) is 0 Å². The Bertz CT molecular complexity index is 720. The van der Waals surface area contributed by atoms with Gasteiger partial charge in [0.05, 0.1) is 29.4 Å². The van der Waals surface area contributed by atoms with Gasteiger partial charge in [-0.15, -0.1) is 0 Å². The number of morpholine rings is 1. The molecule has 0 radical (unpaired) electrons. The first-order valence-corrected chi connectivity index (χ1v) is 7.15. The Morgan fingerprint density at radius 3 is 2.70 bits per heavy atom. The van der Waals surface area contributed by atoms with Crippen molar-refractivity contribution in [2.24, 2.45) is 5.16 Å². The number of hydrogen-bond acceptors (Lipinski definition) is 7. The molecule has 1 fully saturated rings. The van der Waals surface area contributed by atoms with Gasteiger partial charge < -0.3 is 14.5 Å². The van der Waals surface area contributed by atoms with Crippen LogP contribution in [0, 0.1) is 10.1 Å². The number of carbonyl (C=O) groups excluding carboxylic acids is 1. The van der Waals surface area contributed by atoms with E-state index in [0.717, 1.165) is 0 Å². The molecular formula is C15H15N3O5. The lowest BCUT2D eigenvalue weighted by Gasteiger charge is -2.28. The number of nitro benzene ring substituents is 1. The van der Waals surface area contributed by atoms with E-state index in [0.29, 0.717) is 48.8 Å². The second-order valence-electron chi connectivity index (χ2n) is 5.22. The first kappa shape index (κ1) is 15.2. The molecule has 3 rings (SSSR count). The maximum atomic E-state index is 11.6. The van der Waals surface area contributed by atoms with Crippen LogP contribution in [0.5, 0.6) is 0 Å². The van der Waals surface area contributed by atoms with Gasteiger partial charge in [0.15, 0.2) is 0 Å². The molecule has 0 saturated carbocycles. The van der Waals surface area contributed by atoms with Gasteiger partial charge in [0.2, 0.25) is 0 Å². The third-order valence-corrected chi connectivity index (χ3v) is 3.73. The number of hydrogen-bond donors (Lipinski definition) is 0. The smallest absolute Gasteiger partial charge is 0.367 e. The van der Waals surface area contributed by atoms with Crippen molar-refractivity contribution < 1.29 is 19.3 Å². The Morgan fingerprint density at radius 2 is 2.09 bits per heavy atom. The van der Waals surface area contributed by atoms with Gasteiger partial charge in [0.25, 0.3) is 5.69 Å². The van der Waals surface area contributed by atoms with Crippen molar-refractivity contribution in [2.75, 3.05) is 31.2 Å². The van der Waals surface area contributed by atoms with Crippen molar-refractivity contribution in [2.45, 2.75) is 6.92 Å². The highest BCUT2D eigenvalue weighted by molar-refractivity contribution is 6.24. The van der Waals surface area contributed by atoms with Gasteiger partial charge in [-0.1, -0.05) is 11.2 Å². The van der Waals surface area contributed by atoms with E-state index in [1.165, 1.54) is 6.07 Å². The number of ether oxygens (including phenoxy) is 1. The van der Waals surface area contributed by atoms with Gasteiger partial charge in [0.1, 0.15) is 5.69 Å². The van der Waals surface area contributed by atoms with Gasteiger partial charge in [-0.25, -0.2) is 4.79 Å². The van der Waals surface area contributed by atoms with Gasteiger partial charge >= 0.3 is 5.97 Å². The van der Waals surface area contributed by atoms with Crippen LogP contribution in [0.2, 0.25) is 0 Å². The van der Waals surface area contributed by atoms with Crippen molar-refractivity contribution in [1.82, 2.24) is 0 Å². The highest BCUT2D eigenvalue weighted by atomic mass is 16.7. The molecule has 120 valence electrons. The van der Waals surface area contributed by atoms with E-state index in [-0.39, 0.29) is 5.69 Å². The van der Waals surface area contributed by atoms with Crippen LogP contribution in [0.1, 0.15) is 12.5 Å². The average Bonchev–Trinajstić information content (AvgIpc) is 2.87. The van der Waals surface area contributed by atoms with Gasteiger partial charge in [-0.2, -0.15) is 0 Å². The molecule has 0 amide bonds. The molecule has 1 saturated heterocycles. The summed E-state index contributed by atoms with van der Waals surface area (Å²) in [6.45, 7) is 3.96. The van der Waals surface area contributed by atoms with Crippen molar-refractivity contribution in [1.29, 1.82) is 0 Å². The number of anilines is 1. The number of nitro groups is 1. The second kappa shape index (κ2) is 6.17. The van der Waals surface area contributed by atoms with Crippen LogP contribution >= 0.6 is 0 Å². The fourth-order valence-corrected chi connectivity index (χ4v) is 2.53. The Kier molecular flexibility index (Phi) is 4.07. The molecule has 1 aromatic rings. The van der Waals surface area contributed by atoms with E-state index < -0.39 is 10.9 Å². The summed E-state index contributed by atoms with van der Waals surface area (Å²) < 4.78 is 5.27. The summed E-state index contributed by atoms with van der Waals surface area (Å²) >= 11 is 0. The first-order chi connectivity index (χ1) is 11.1. The lowest BCUT2D eigenvalue weighted by Crippen LogP contribution is -2.36. The van der Waals surface area contributed by atoms with E-state index >= 15 is 0 Å². The zero-order valence-corrected chi connectivity index (χ0v) is 12.5. The molecule has 23 heavy (non-hydrogen) atoms. The van der Waals surface area contributed by atoms with E-state index in [1.807, 2.05) is 4.90 Å². The van der Waals surface area contributed by atoms with E-state index in [1.54, 1.807) is 25.1 Å². The maximum Gasteiger partial charge on any atom is 0.367 e. The number of benzene rings is 1. The Hall–Kier alpha value is -2.74. The third-order valence-electron chi connectivity index (χ3n) is 3.73. The summed E-state index contributed by atoms with van der Waals surface area (Å²) in [6, 6.07) is 4.89. The largest absolute Gasteiger partial charge is 0.378 e. The third kappa shape index (κ3) is 3.07. The Balaban J connectivity index is 1.96. The second-order valence-corrected chi connectivity index (χ2v) is 5.22. The van der Waals surface area contributed by atoms with Crippen LogP contribution < -0.4 is 4.90 Å². The minimum Gasteiger partial charge on any atom is -0.378 e. The molecule has 0 bridgehead atoms. The number of nitrogens with zero attached hydrogens (tertiary/aromatic N) is 3. The normalized spacial score (nSPS) is 19.7. The summed E-state index contributed by atoms with van der Waals surface area (Å²) in [6.07, 6.45) is 1.55. The standard InChI is InChI=1S/C15H15N3O5/c1-10-12(15(19)23-16-10)8-11-2-3-13(14(9-11)18(20)21)17-4-6-22-7-5-17/h2-3,8-9H,4-7H2,1H3/b12-8-. The fourth-order valence-electron chi connectivity index (χ4n) is 2.53. The van der Waals surface area contributed by atoms with Crippen molar-refractivity contribution in [3.63, 3.8) is 0 Å². The molecule has 0 unspecified atom stereocenters. The number of carbonyl (C=O) groups is 1. The molecule has 0 atom stereocenters. The highest BCUT2D eigenvalue weighted by Crippen LogP contribution is 2.31. The SMILES string of the molecule is CC1=NOC(=O)/C1=C\c1ccc(N2CCOCC2)c([N+](=O)[O-])c1. The molecule has 0 spiro atoms. The molecule has 2 aliphatic heterocycles. The van der Waals surface area contributed by atoms with Crippen molar-refractivity contribution in [3.05, 3.63) is 39.4 Å². The van der Waals surface area contributed by atoms with Gasteiger partial charge in [-0.05, 0) is 24.6 Å². The predicted octanol–water partition coefficient (Wildman–Crippen LogP) is 1.75. The maximum absolute atomic E-state index is 11.6. The van der Waals surface area contributed by atoms with Gasteiger partial charge in [-0.3, -0.25) is 10.1 Å². The molecule has 1 aromatic carbocycles. The first-order valence-electron chi connectivity index (χ1n) is 7.15. The number of rotatable bonds is 3. The van der Waals surface area contributed by atoms with Crippen LogP contribution in [0.25, 0.3) is 6.08 Å². The lowest BCUT2D eigenvalue weighted by atomic mass is 10.1. The summed E-state index contributed by atoms with van der Waals surface area (Å²) in [5, 5.41) is 15.0. The summed E-state index contributed by atoms with van der Waals surface area (Å²) in [5.41, 5.74) is 1.87. The summed E-state index contributed by atoms with van der Waals surface area (Å²) in [4.78, 5) is 29.0. The minimum absolute atomic E-state index is 0.00204. The minimum atomic E-state index is -0.553. The van der Waals surface area contributed by atoms with Crippen molar-refractivity contribution >= 4 is 29.1 Å². The molecule has 0 N–H and O–H groups in total. The lowest BCUT2D eigenvalue weighted by molar-refractivity contribution is -0.384. The van der Waals surface area contributed by atoms with E-state index in [9.17, 15) is 14.9 Å². The fraction of sp³-hybridized carbons (Fsp3) is 0.333. The summed E-state index contributed by atoms with van der Waals surface area (Å²) in [5.74, 6) is -0.553. The quantitative estimate of drug-likeness (QED) is 0.365. The molecule has 0 aromatic heterocycles. The highest BCUT2D eigenvalue weighted by Gasteiger charge is 2.24. The Labute approximate surface area is 132 Å². The van der Waals surface area contributed by atoms with E-state index in [4.69, 9.17) is 4.74 Å². The molecule has 2 aliphatic rings. The monoisotopic (exact) mass is 317 g/mol. The zero-order valence-electron chi connectivity index (χ0n) is 12.5. The molecule has 0 aliphatic carbocycles. The zero-order chi connectivity index (χ0) is 16.4. The van der Waals surface area contributed by atoms with Crippen LogP contribution in [0.3, 0.4) is 0 Å².